The molecular weight excluding hydrogens is 817 g/mol. The number of hydrogen-bond donors (Lipinski definition) is 0. The first kappa shape index (κ1) is 47.6. The molecule has 0 bridgehead atoms. The molecule has 0 aromatic heterocycles. The first-order chi connectivity index (χ1) is 30.2. The molecule has 0 N–H and O–H groups in total. The summed E-state index contributed by atoms with van der Waals surface area (Å²) in [7, 11) is 1.37. The van der Waals surface area contributed by atoms with Gasteiger partial charge in [0.15, 0.2) is 11.5 Å². The maximum Gasteiger partial charge on any atom is 0.513 e. The van der Waals surface area contributed by atoms with Gasteiger partial charge in [0.05, 0.1) is 44.2 Å². The van der Waals surface area contributed by atoms with Crippen LogP contribution in [0.25, 0.3) is 0 Å². The molecule has 15 heteroatoms. The molecular formula is C48H54O15. The number of carbonyl (C=O) groups excluding carboxylic acids is 6. The highest BCUT2D eigenvalue weighted by atomic mass is 16.7. The van der Waals surface area contributed by atoms with Crippen molar-refractivity contribution in [1.29, 1.82) is 0 Å². The highest BCUT2D eigenvalue weighted by molar-refractivity contribution is 5.94. The lowest BCUT2D eigenvalue weighted by atomic mass is 9.77. The van der Waals surface area contributed by atoms with Gasteiger partial charge in [-0.05, 0) is 123 Å². The van der Waals surface area contributed by atoms with Crippen molar-refractivity contribution in [2.24, 2.45) is 22.7 Å². The number of fused-ring (bicyclic) bond motifs is 1. The average molecular weight is 871 g/mol. The zero-order valence-electron chi connectivity index (χ0n) is 36.3. The van der Waals surface area contributed by atoms with Gasteiger partial charge >= 0.3 is 36.0 Å². The van der Waals surface area contributed by atoms with Gasteiger partial charge in [-0.1, -0.05) is 33.9 Å². The molecule has 4 atom stereocenters. The maximum absolute atomic E-state index is 14.1. The number of ether oxygens (including phenoxy) is 9. The van der Waals surface area contributed by atoms with E-state index in [-0.39, 0.29) is 89.0 Å². The van der Waals surface area contributed by atoms with E-state index in [0.29, 0.717) is 37.9 Å². The Morgan fingerprint density at radius 1 is 0.667 bits per heavy atom. The van der Waals surface area contributed by atoms with E-state index in [2.05, 4.69) is 33.9 Å². The van der Waals surface area contributed by atoms with E-state index in [1.165, 1.54) is 55.6 Å². The smallest absolute Gasteiger partial charge is 0.493 e. The van der Waals surface area contributed by atoms with Crippen LogP contribution in [0.5, 0.6) is 28.7 Å². The average Bonchev–Trinajstić information content (AvgIpc) is 3.79. The summed E-state index contributed by atoms with van der Waals surface area (Å²) in [6.07, 6.45) is 4.92. The quantitative estimate of drug-likeness (QED) is 0.0248. The predicted molar refractivity (Wildman–Crippen MR) is 227 cm³/mol. The summed E-state index contributed by atoms with van der Waals surface area (Å²) in [5.41, 5.74) is -0.294. The number of rotatable bonds is 21. The molecule has 3 aromatic carbocycles. The lowest BCUT2D eigenvalue weighted by Gasteiger charge is -2.36. The van der Waals surface area contributed by atoms with Crippen molar-refractivity contribution in [1.82, 2.24) is 0 Å². The first-order valence-corrected chi connectivity index (χ1v) is 20.8. The van der Waals surface area contributed by atoms with Gasteiger partial charge in [-0.3, -0.25) is 4.79 Å². The Hall–Kier alpha value is -6.48. The zero-order chi connectivity index (χ0) is 45.7. The number of aryl methyl sites for hydroxylation is 1. The van der Waals surface area contributed by atoms with E-state index < -0.39 is 35.4 Å². The van der Waals surface area contributed by atoms with Crippen molar-refractivity contribution in [3.63, 3.8) is 0 Å². The van der Waals surface area contributed by atoms with E-state index in [1.807, 2.05) is 0 Å². The molecule has 0 saturated heterocycles. The molecule has 336 valence electrons. The van der Waals surface area contributed by atoms with Crippen molar-refractivity contribution in [3.05, 3.63) is 103 Å². The third-order valence-corrected chi connectivity index (χ3v) is 11.5. The van der Waals surface area contributed by atoms with Crippen LogP contribution in [0.1, 0.15) is 85.6 Å². The molecule has 2 fully saturated rings. The molecule has 5 rings (SSSR count). The second-order valence-corrected chi connectivity index (χ2v) is 15.8. The Labute approximate surface area is 366 Å². The molecule has 0 heterocycles. The molecule has 2 aliphatic carbocycles. The minimum atomic E-state index is -0.935. The van der Waals surface area contributed by atoms with Crippen molar-refractivity contribution >= 4 is 36.0 Å². The molecule has 0 aliphatic heterocycles. The number of hydrogen-bond acceptors (Lipinski definition) is 15. The summed E-state index contributed by atoms with van der Waals surface area (Å²) in [5.74, 6) is -1.84. The van der Waals surface area contributed by atoms with Gasteiger partial charge in [-0.25, -0.2) is 24.0 Å². The highest BCUT2D eigenvalue weighted by Gasteiger charge is 2.81. The van der Waals surface area contributed by atoms with Crippen LogP contribution >= 0.6 is 0 Å². The topological polar surface area (TPSA) is 185 Å². The molecule has 2 saturated carbocycles. The standard InChI is InChI=1S/C48H54O15/c1-8-40(49)56-24-10-12-26-58-42-30(3)14-23-39-47(5,6)48(39,42)45(53)61-34-19-21-36(31(4)28-34)44(52)63-37-22-20-35(29-38(37)55-7)60-43(51)32-15-17-33(18-16-32)62-46(54)59-27-13-11-25-57-41(50)9-2/h8-9,15-22,28-30,39,42H,1-2,10-14,23-27H2,3-7H3. The zero-order valence-corrected chi connectivity index (χ0v) is 36.3. The molecule has 4 unspecified atom stereocenters. The van der Waals surface area contributed by atoms with Crippen molar-refractivity contribution < 1.29 is 71.4 Å². The fourth-order valence-electron chi connectivity index (χ4n) is 8.17. The van der Waals surface area contributed by atoms with Crippen LogP contribution in [-0.4, -0.2) is 75.6 Å². The van der Waals surface area contributed by atoms with Gasteiger partial charge in [0, 0.05) is 24.8 Å². The predicted octanol–water partition coefficient (Wildman–Crippen LogP) is 8.34. The number of unbranched alkanes of at least 4 members (excludes halogenated alkanes) is 2. The normalized spacial score (nSPS) is 19.2. The lowest BCUT2D eigenvalue weighted by molar-refractivity contribution is -0.156. The van der Waals surface area contributed by atoms with Crippen LogP contribution in [0.4, 0.5) is 4.79 Å². The van der Waals surface area contributed by atoms with Gasteiger partial charge in [-0.2, -0.15) is 0 Å². The van der Waals surface area contributed by atoms with Gasteiger partial charge in [0.1, 0.15) is 22.7 Å². The molecule has 15 nitrogen and oxygen atoms in total. The van der Waals surface area contributed by atoms with Crippen LogP contribution < -0.4 is 23.7 Å². The number of benzene rings is 3. The first-order valence-electron chi connectivity index (χ1n) is 20.8. The largest absolute Gasteiger partial charge is 0.513 e. The van der Waals surface area contributed by atoms with Crippen molar-refractivity contribution in [2.45, 2.75) is 72.3 Å². The van der Waals surface area contributed by atoms with Gasteiger partial charge in [0.2, 0.25) is 0 Å². The summed E-state index contributed by atoms with van der Waals surface area (Å²) < 4.78 is 49.2. The van der Waals surface area contributed by atoms with Crippen LogP contribution in [0, 0.1) is 29.6 Å². The molecule has 63 heavy (non-hydrogen) atoms. The minimum absolute atomic E-state index is 0.0577. The van der Waals surface area contributed by atoms with Crippen LogP contribution in [0.15, 0.2) is 86.0 Å². The highest BCUT2D eigenvalue weighted by Crippen LogP contribution is 2.76. The van der Waals surface area contributed by atoms with Gasteiger partial charge in [0.25, 0.3) is 0 Å². The fraction of sp³-hybridized carbons (Fsp3) is 0.417. The van der Waals surface area contributed by atoms with E-state index >= 15 is 0 Å². The van der Waals surface area contributed by atoms with E-state index in [1.54, 1.807) is 19.1 Å². The summed E-state index contributed by atoms with van der Waals surface area (Å²) in [4.78, 5) is 74.9. The molecule has 2 aliphatic rings. The third kappa shape index (κ3) is 11.5. The minimum Gasteiger partial charge on any atom is -0.493 e. The SMILES string of the molecule is C=CC(=O)OCCCCOC(=O)Oc1ccc(C(=O)Oc2ccc(OC(=O)c3ccc(OC(=O)C45C(OCCCCOC(=O)C=C)C(C)CCC4C5(C)C)cc3C)c(OC)c2)cc1. The maximum atomic E-state index is 14.1. The second kappa shape index (κ2) is 21.5. The van der Waals surface area contributed by atoms with Gasteiger partial charge in [-0.15, -0.1) is 0 Å². The van der Waals surface area contributed by atoms with E-state index in [4.69, 9.17) is 42.6 Å². The number of esters is 5. The Bertz CT molecular complexity index is 2170. The molecule has 0 spiro atoms. The summed E-state index contributed by atoms with van der Waals surface area (Å²) in [5, 5.41) is 0. The van der Waals surface area contributed by atoms with Gasteiger partial charge < -0.3 is 42.6 Å². The van der Waals surface area contributed by atoms with Crippen LogP contribution in [0.3, 0.4) is 0 Å². The second-order valence-electron chi connectivity index (χ2n) is 15.8. The Morgan fingerprint density at radius 3 is 1.87 bits per heavy atom. The Balaban J connectivity index is 1.14. The summed E-state index contributed by atoms with van der Waals surface area (Å²) in [6, 6.07) is 14.6. The van der Waals surface area contributed by atoms with Crippen molar-refractivity contribution in [2.75, 3.05) is 33.5 Å². The monoisotopic (exact) mass is 870 g/mol. The fourth-order valence-corrected chi connectivity index (χ4v) is 8.17. The Kier molecular flexibility index (Phi) is 16.3. The third-order valence-electron chi connectivity index (χ3n) is 11.5. The lowest BCUT2D eigenvalue weighted by Crippen LogP contribution is -2.45. The van der Waals surface area contributed by atoms with Crippen molar-refractivity contribution in [3.8, 4) is 28.7 Å². The van der Waals surface area contributed by atoms with Crippen LogP contribution in [0.2, 0.25) is 0 Å². The number of methoxy groups -OCH3 is 1. The summed E-state index contributed by atoms with van der Waals surface area (Å²) >= 11 is 0. The van der Waals surface area contributed by atoms with Crippen LogP contribution in [-0.2, 0) is 33.3 Å². The number of carbonyl (C=O) groups is 6. The molecule has 0 amide bonds. The molecule has 0 radical (unpaired) electrons. The van der Waals surface area contributed by atoms with E-state index in [0.717, 1.165) is 25.0 Å². The van der Waals surface area contributed by atoms with E-state index in [9.17, 15) is 28.8 Å². The Morgan fingerprint density at radius 2 is 1.25 bits per heavy atom. The summed E-state index contributed by atoms with van der Waals surface area (Å²) in [6.45, 7) is 15.6. The molecule has 3 aromatic rings.